The molecule has 1 saturated heterocycles. The third kappa shape index (κ3) is 4.04. The highest BCUT2D eigenvalue weighted by molar-refractivity contribution is 7.89. The lowest BCUT2D eigenvalue weighted by atomic mass is 10.0. The minimum Gasteiger partial charge on any atom is -0.340 e. The average Bonchev–Trinajstić information content (AvgIpc) is 3.15. The standard InChI is InChI=1S/C17H23N3O5S/c21-17(13-14-3-1-2-4-14)18-9-11-19(12-10-18)26(24,25)16-7-5-15(6-8-16)20(22)23/h5-8,14H,1-4,9-13H2. The number of carbonyl (C=O) groups excluding carboxylic acids is 1. The summed E-state index contributed by atoms with van der Waals surface area (Å²) in [6.07, 6.45) is 5.17. The Balaban J connectivity index is 1.59. The molecule has 0 atom stereocenters. The molecule has 0 radical (unpaired) electrons. The van der Waals surface area contributed by atoms with Crippen LogP contribution in [0.1, 0.15) is 32.1 Å². The second kappa shape index (κ2) is 7.71. The van der Waals surface area contributed by atoms with E-state index in [-0.39, 0.29) is 29.6 Å². The lowest BCUT2D eigenvalue weighted by Crippen LogP contribution is -2.50. The quantitative estimate of drug-likeness (QED) is 0.574. The minimum absolute atomic E-state index is 0.0360. The number of non-ortho nitro benzene ring substituents is 1. The molecule has 2 aliphatic rings. The maximum Gasteiger partial charge on any atom is 0.269 e. The summed E-state index contributed by atoms with van der Waals surface area (Å²) in [5, 5.41) is 10.7. The van der Waals surface area contributed by atoms with Crippen LogP contribution in [-0.2, 0) is 14.8 Å². The van der Waals surface area contributed by atoms with E-state index in [1.165, 1.54) is 41.4 Å². The van der Waals surface area contributed by atoms with Gasteiger partial charge in [-0.2, -0.15) is 4.31 Å². The second-order valence-electron chi connectivity index (χ2n) is 6.89. The molecule has 8 nitrogen and oxygen atoms in total. The van der Waals surface area contributed by atoms with Crippen molar-refractivity contribution in [3.63, 3.8) is 0 Å². The van der Waals surface area contributed by atoms with E-state index >= 15 is 0 Å². The molecule has 0 unspecified atom stereocenters. The number of rotatable bonds is 5. The van der Waals surface area contributed by atoms with Gasteiger partial charge in [-0.25, -0.2) is 8.42 Å². The number of hydrogen-bond acceptors (Lipinski definition) is 5. The van der Waals surface area contributed by atoms with Crippen LogP contribution in [-0.4, -0.2) is 54.6 Å². The van der Waals surface area contributed by atoms with Crippen molar-refractivity contribution in [3.05, 3.63) is 34.4 Å². The lowest BCUT2D eigenvalue weighted by molar-refractivity contribution is -0.384. The van der Waals surface area contributed by atoms with Crippen LogP contribution in [0.25, 0.3) is 0 Å². The van der Waals surface area contributed by atoms with Crippen molar-refractivity contribution in [2.24, 2.45) is 5.92 Å². The van der Waals surface area contributed by atoms with Gasteiger partial charge in [0.1, 0.15) is 0 Å². The SMILES string of the molecule is O=C(CC1CCCC1)N1CCN(S(=O)(=O)c2ccc([N+](=O)[O-])cc2)CC1. The molecule has 1 aliphatic heterocycles. The molecular formula is C17H23N3O5S. The van der Waals surface area contributed by atoms with Gasteiger partial charge in [-0.05, 0) is 30.9 Å². The molecule has 1 saturated carbocycles. The molecule has 26 heavy (non-hydrogen) atoms. The molecular weight excluding hydrogens is 358 g/mol. The van der Waals surface area contributed by atoms with Crippen LogP contribution >= 0.6 is 0 Å². The maximum atomic E-state index is 12.7. The average molecular weight is 381 g/mol. The van der Waals surface area contributed by atoms with Gasteiger partial charge in [0.25, 0.3) is 5.69 Å². The highest BCUT2D eigenvalue weighted by Gasteiger charge is 2.31. The van der Waals surface area contributed by atoms with Crippen molar-refractivity contribution in [2.45, 2.75) is 37.0 Å². The number of benzene rings is 1. The molecule has 0 spiro atoms. The number of nitro groups is 1. The number of piperazine rings is 1. The van der Waals surface area contributed by atoms with Crippen LogP contribution in [0.3, 0.4) is 0 Å². The van der Waals surface area contributed by atoms with Crippen molar-refractivity contribution in [1.29, 1.82) is 0 Å². The zero-order chi connectivity index (χ0) is 18.7. The van der Waals surface area contributed by atoms with Gasteiger partial charge in [-0.3, -0.25) is 14.9 Å². The molecule has 3 rings (SSSR count). The fourth-order valence-corrected chi connectivity index (χ4v) is 5.08. The van der Waals surface area contributed by atoms with Gasteiger partial charge in [0.15, 0.2) is 0 Å². The van der Waals surface area contributed by atoms with Crippen LogP contribution in [0.5, 0.6) is 0 Å². The van der Waals surface area contributed by atoms with E-state index in [4.69, 9.17) is 0 Å². The molecule has 1 heterocycles. The van der Waals surface area contributed by atoms with Crippen LogP contribution in [0.15, 0.2) is 29.2 Å². The lowest BCUT2D eigenvalue weighted by Gasteiger charge is -2.34. The fourth-order valence-electron chi connectivity index (χ4n) is 3.66. The third-order valence-electron chi connectivity index (χ3n) is 5.21. The van der Waals surface area contributed by atoms with Crippen molar-refractivity contribution in [1.82, 2.24) is 9.21 Å². The van der Waals surface area contributed by atoms with Crippen molar-refractivity contribution in [2.75, 3.05) is 26.2 Å². The van der Waals surface area contributed by atoms with Crippen molar-refractivity contribution < 1.29 is 18.1 Å². The first kappa shape index (κ1) is 18.8. The topological polar surface area (TPSA) is 101 Å². The Labute approximate surface area is 153 Å². The first-order valence-electron chi connectivity index (χ1n) is 8.90. The predicted molar refractivity (Wildman–Crippen MR) is 95.0 cm³/mol. The van der Waals surface area contributed by atoms with Crippen LogP contribution < -0.4 is 0 Å². The van der Waals surface area contributed by atoms with E-state index in [1.807, 2.05) is 0 Å². The van der Waals surface area contributed by atoms with Gasteiger partial charge < -0.3 is 4.90 Å². The van der Waals surface area contributed by atoms with E-state index in [0.29, 0.717) is 25.4 Å². The largest absolute Gasteiger partial charge is 0.340 e. The van der Waals surface area contributed by atoms with Gasteiger partial charge in [0, 0.05) is 44.7 Å². The minimum atomic E-state index is -3.70. The monoisotopic (exact) mass is 381 g/mol. The summed E-state index contributed by atoms with van der Waals surface area (Å²) in [6.45, 7) is 1.26. The molecule has 1 aromatic rings. The van der Waals surface area contributed by atoms with Crippen molar-refractivity contribution in [3.8, 4) is 0 Å². The molecule has 1 aliphatic carbocycles. The number of nitrogens with zero attached hydrogens (tertiary/aromatic N) is 3. The molecule has 9 heteroatoms. The Morgan fingerprint density at radius 2 is 1.65 bits per heavy atom. The molecule has 1 amide bonds. The Kier molecular flexibility index (Phi) is 5.57. The Bertz CT molecular complexity index is 764. The number of amides is 1. The normalized spacial score (nSPS) is 19.6. The number of carbonyl (C=O) groups is 1. The van der Waals surface area contributed by atoms with E-state index in [9.17, 15) is 23.3 Å². The molecule has 0 bridgehead atoms. The van der Waals surface area contributed by atoms with Gasteiger partial charge in [0.05, 0.1) is 9.82 Å². The predicted octanol–water partition coefficient (Wildman–Crippen LogP) is 2.01. The van der Waals surface area contributed by atoms with Gasteiger partial charge in [0.2, 0.25) is 15.9 Å². The highest BCUT2D eigenvalue weighted by atomic mass is 32.2. The first-order chi connectivity index (χ1) is 12.4. The van der Waals surface area contributed by atoms with Crippen molar-refractivity contribution >= 4 is 21.6 Å². The Morgan fingerprint density at radius 1 is 1.08 bits per heavy atom. The van der Waals surface area contributed by atoms with E-state index in [1.54, 1.807) is 4.90 Å². The van der Waals surface area contributed by atoms with E-state index in [2.05, 4.69) is 0 Å². The van der Waals surface area contributed by atoms with Crippen LogP contribution in [0, 0.1) is 16.0 Å². The smallest absolute Gasteiger partial charge is 0.269 e. The summed E-state index contributed by atoms with van der Waals surface area (Å²) in [6, 6.07) is 4.89. The third-order valence-corrected chi connectivity index (χ3v) is 7.13. The van der Waals surface area contributed by atoms with Crippen LogP contribution in [0.4, 0.5) is 5.69 Å². The summed E-state index contributed by atoms with van der Waals surface area (Å²) in [7, 11) is -3.70. The molecule has 1 aromatic carbocycles. The van der Waals surface area contributed by atoms with E-state index in [0.717, 1.165) is 12.8 Å². The molecule has 142 valence electrons. The van der Waals surface area contributed by atoms with E-state index < -0.39 is 14.9 Å². The zero-order valence-corrected chi connectivity index (χ0v) is 15.4. The Morgan fingerprint density at radius 3 is 2.19 bits per heavy atom. The number of hydrogen-bond donors (Lipinski definition) is 0. The summed E-state index contributed by atoms with van der Waals surface area (Å²) < 4.78 is 26.7. The molecule has 0 aromatic heterocycles. The fraction of sp³-hybridized carbons (Fsp3) is 0.588. The van der Waals surface area contributed by atoms with Gasteiger partial charge >= 0.3 is 0 Å². The maximum absolute atomic E-state index is 12.7. The second-order valence-corrected chi connectivity index (χ2v) is 8.83. The van der Waals surface area contributed by atoms with Gasteiger partial charge in [-0.1, -0.05) is 12.8 Å². The van der Waals surface area contributed by atoms with Gasteiger partial charge in [-0.15, -0.1) is 0 Å². The molecule has 0 N–H and O–H groups in total. The summed E-state index contributed by atoms with van der Waals surface area (Å²) >= 11 is 0. The number of nitro benzene ring substituents is 1. The summed E-state index contributed by atoms with van der Waals surface area (Å²) in [4.78, 5) is 24.3. The first-order valence-corrected chi connectivity index (χ1v) is 10.3. The molecule has 2 fully saturated rings. The Hall–Kier alpha value is -2.00. The van der Waals surface area contributed by atoms with Crippen LogP contribution in [0.2, 0.25) is 0 Å². The summed E-state index contributed by atoms with van der Waals surface area (Å²) in [5.41, 5.74) is -0.147. The number of sulfonamides is 1. The summed E-state index contributed by atoms with van der Waals surface area (Å²) in [5.74, 6) is 0.591. The zero-order valence-electron chi connectivity index (χ0n) is 14.5. The highest BCUT2D eigenvalue weighted by Crippen LogP contribution is 2.28.